The van der Waals surface area contributed by atoms with Crippen molar-refractivity contribution in [2.24, 2.45) is 0 Å². The van der Waals surface area contributed by atoms with E-state index < -0.39 is 17.6 Å². The van der Waals surface area contributed by atoms with Crippen molar-refractivity contribution < 1.29 is 23.4 Å². The SMILES string of the molecule is O=C(O)c1cc(N2CCC(N3CCOCC3)CC2)c2c(C3CCC3)nn(-c3ccc(F)cc3F)c2n1. The van der Waals surface area contributed by atoms with Gasteiger partial charge in [-0.05, 0) is 43.9 Å². The minimum atomic E-state index is -1.15. The van der Waals surface area contributed by atoms with Crippen LogP contribution in [0, 0.1) is 11.6 Å². The highest BCUT2D eigenvalue weighted by atomic mass is 19.1. The van der Waals surface area contributed by atoms with Crippen LogP contribution in [0.25, 0.3) is 16.7 Å². The van der Waals surface area contributed by atoms with E-state index in [4.69, 9.17) is 9.84 Å². The number of fused-ring (bicyclic) bond motifs is 1. The normalized spacial score (nSPS) is 20.1. The zero-order valence-corrected chi connectivity index (χ0v) is 20.0. The number of hydrogen-bond acceptors (Lipinski definition) is 6. The summed E-state index contributed by atoms with van der Waals surface area (Å²) in [7, 11) is 0. The van der Waals surface area contributed by atoms with Gasteiger partial charge in [0.2, 0.25) is 0 Å². The number of anilines is 1. The van der Waals surface area contributed by atoms with Crippen molar-refractivity contribution in [2.75, 3.05) is 44.3 Å². The van der Waals surface area contributed by atoms with Crippen LogP contribution in [0.4, 0.5) is 14.5 Å². The van der Waals surface area contributed by atoms with Gasteiger partial charge in [-0.2, -0.15) is 5.10 Å². The van der Waals surface area contributed by atoms with Gasteiger partial charge in [0.1, 0.15) is 11.5 Å². The summed E-state index contributed by atoms with van der Waals surface area (Å²) in [5.41, 5.74) is 1.84. The van der Waals surface area contributed by atoms with E-state index in [9.17, 15) is 18.7 Å². The predicted molar refractivity (Wildman–Crippen MR) is 130 cm³/mol. The quantitative estimate of drug-likeness (QED) is 0.571. The Hall–Kier alpha value is -3.11. The molecule has 2 aromatic heterocycles. The molecule has 1 N–H and O–H groups in total. The van der Waals surface area contributed by atoms with Gasteiger partial charge in [-0.15, -0.1) is 0 Å². The molecule has 2 saturated heterocycles. The minimum absolute atomic E-state index is 0.0546. The second-order valence-electron chi connectivity index (χ2n) is 9.92. The smallest absolute Gasteiger partial charge is 0.354 e. The molecule has 2 aliphatic heterocycles. The van der Waals surface area contributed by atoms with E-state index in [-0.39, 0.29) is 17.3 Å². The maximum Gasteiger partial charge on any atom is 0.354 e. The van der Waals surface area contributed by atoms with Gasteiger partial charge in [-0.1, -0.05) is 6.42 Å². The number of aromatic carboxylic acids is 1. The molecule has 0 bridgehead atoms. The van der Waals surface area contributed by atoms with Crippen LogP contribution in [0.3, 0.4) is 0 Å². The molecule has 0 spiro atoms. The molecule has 1 aromatic carbocycles. The molecule has 8 nitrogen and oxygen atoms in total. The molecule has 0 amide bonds. The summed E-state index contributed by atoms with van der Waals surface area (Å²) >= 11 is 0. The lowest BCUT2D eigenvalue weighted by molar-refractivity contribution is 0.0115. The van der Waals surface area contributed by atoms with Gasteiger partial charge < -0.3 is 14.7 Å². The molecule has 0 radical (unpaired) electrons. The molecule has 0 unspecified atom stereocenters. The Balaban J connectivity index is 1.44. The first-order valence-electron chi connectivity index (χ1n) is 12.7. The first-order valence-corrected chi connectivity index (χ1v) is 12.7. The number of ether oxygens (including phenoxy) is 1. The van der Waals surface area contributed by atoms with E-state index in [1.54, 1.807) is 6.07 Å². The van der Waals surface area contributed by atoms with Crippen molar-refractivity contribution in [2.45, 2.75) is 44.1 Å². The van der Waals surface area contributed by atoms with E-state index >= 15 is 0 Å². The second-order valence-corrected chi connectivity index (χ2v) is 9.92. The zero-order valence-electron chi connectivity index (χ0n) is 20.0. The van der Waals surface area contributed by atoms with Crippen LogP contribution >= 0.6 is 0 Å². The second kappa shape index (κ2) is 9.40. The van der Waals surface area contributed by atoms with Crippen LogP contribution in [-0.4, -0.2) is 76.2 Å². The standard InChI is InChI=1S/C26H29F2N5O3/c27-17-4-5-21(19(28)14-17)33-25-23(24(30-33)16-2-1-3-16)22(15-20(29-25)26(34)35)32-8-6-18(7-9-32)31-10-12-36-13-11-31/h4-5,14-16,18H,1-3,6-13H2,(H,34,35). The molecule has 3 aromatic rings. The Morgan fingerprint density at radius 2 is 1.75 bits per heavy atom. The van der Waals surface area contributed by atoms with Crippen LogP contribution in [-0.2, 0) is 4.74 Å². The molecule has 190 valence electrons. The van der Waals surface area contributed by atoms with Gasteiger partial charge in [0.25, 0.3) is 0 Å². The summed E-state index contributed by atoms with van der Waals surface area (Å²) < 4.78 is 35.3. The molecule has 1 aliphatic carbocycles. The average Bonchev–Trinajstić information content (AvgIpc) is 3.22. The summed E-state index contributed by atoms with van der Waals surface area (Å²) in [4.78, 5) is 21.2. The fourth-order valence-corrected chi connectivity index (χ4v) is 5.68. The number of pyridine rings is 1. The number of piperidine rings is 1. The number of rotatable bonds is 5. The molecule has 4 heterocycles. The monoisotopic (exact) mass is 497 g/mol. The van der Waals surface area contributed by atoms with Gasteiger partial charge in [-0.25, -0.2) is 23.2 Å². The first-order chi connectivity index (χ1) is 17.5. The van der Waals surface area contributed by atoms with Gasteiger partial charge in [0.05, 0.1) is 30.0 Å². The lowest BCUT2D eigenvalue weighted by Gasteiger charge is -2.41. The lowest BCUT2D eigenvalue weighted by atomic mass is 9.82. The van der Waals surface area contributed by atoms with Crippen LogP contribution < -0.4 is 4.90 Å². The summed E-state index contributed by atoms with van der Waals surface area (Å²) in [5, 5.41) is 15.4. The summed E-state index contributed by atoms with van der Waals surface area (Å²) in [6.07, 6.45) is 4.96. The van der Waals surface area contributed by atoms with Crippen molar-refractivity contribution in [3.05, 3.63) is 47.3 Å². The minimum Gasteiger partial charge on any atom is -0.477 e. The lowest BCUT2D eigenvalue weighted by Crippen LogP contribution is -2.49. The highest BCUT2D eigenvalue weighted by molar-refractivity contribution is 5.98. The highest BCUT2D eigenvalue weighted by Gasteiger charge is 2.33. The topological polar surface area (TPSA) is 83.7 Å². The van der Waals surface area contributed by atoms with E-state index in [1.165, 1.54) is 16.8 Å². The Labute approximate surface area is 207 Å². The molecule has 3 fully saturated rings. The van der Waals surface area contributed by atoms with E-state index in [0.717, 1.165) is 94.3 Å². The fourth-order valence-electron chi connectivity index (χ4n) is 5.68. The number of carboxylic acid groups (broad SMARTS) is 1. The number of aromatic nitrogens is 3. The number of halogens is 2. The Bertz CT molecular complexity index is 1290. The first kappa shape index (κ1) is 23.3. The molecule has 0 atom stereocenters. The van der Waals surface area contributed by atoms with Crippen molar-refractivity contribution in [1.29, 1.82) is 0 Å². The summed E-state index contributed by atoms with van der Waals surface area (Å²) in [5.74, 6) is -2.40. The van der Waals surface area contributed by atoms with Crippen LogP contribution in [0.2, 0.25) is 0 Å². The molecule has 10 heteroatoms. The molecule has 1 saturated carbocycles. The van der Waals surface area contributed by atoms with Crippen molar-refractivity contribution in [1.82, 2.24) is 19.7 Å². The third kappa shape index (κ3) is 4.12. The Morgan fingerprint density at radius 1 is 1.00 bits per heavy atom. The summed E-state index contributed by atoms with van der Waals surface area (Å²) in [6, 6.07) is 5.42. The molecule has 3 aliphatic rings. The third-order valence-electron chi connectivity index (χ3n) is 7.86. The largest absolute Gasteiger partial charge is 0.477 e. The number of nitrogens with zero attached hydrogens (tertiary/aromatic N) is 5. The number of carboxylic acids is 1. The fraction of sp³-hybridized carbons (Fsp3) is 0.500. The van der Waals surface area contributed by atoms with Crippen LogP contribution in [0.1, 0.15) is 54.2 Å². The van der Waals surface area contributed by atoms with Gasteiger partial charge in [0.15, 0.2) is 17.2 Å². The van der Waals surface area contributed by atoms with Crippen molar-refractivity contribution >= 4 is 22.7 Å². The van der Waals surface area contributed by atoms with Crippen molar-refractivity contribution in [3.63, 3.8) is 0 Å². The van der Waals surface area contributed by atoms with E-state index in [0.29, 0.717) is 11.7 Å². The molecular weight excluding hydrogens is 468 g/mol. The van der Waals surface area contributed by atoms with Gasteiger partial charge in [0, 0.05) is 44.2 Å². The third-order valence-corrected chi connectivity index (χ3v) is 7.86. The average molecular weight is 498 g/mol. The molecule has 6 rings (SSSR count). The van der Waals surface area contributed by atoms with E-state index in [2.05, 4.69) is 14.8 Å². The predicted octanol–water partition coefficient (Wildman–Crippen LogP) is 3.97. The van der Waals surface area contributed by atoms with Crippen LogP contribution in [0.15, 0.2) is 24.3 Å². The number of morpholine rings is 1. The van der Waals surface area contributed by atoms with E-state index in [1.807, 2.05) is 0 Å². The highest BCUT2D eigenvalue weighted by Crippen LogP contribution is 2.43. The molecule has 36 heavy (non-hydrogen) atoms. The maximum absolute atomic E-state index is 14.8. The maximum atomic E-state index is 14.8. The number of benzene rings is 1. The summed E-state index contributed by atoms with van der Waals surface area (Å²) in [6.45, 7) is 4.96. The Kier molecular flexibility index (Phi) is 6.08. The zero-order chi connectivity index (χ0) is 24.8. The molecular formula is C26H29F2N5O3. The van der Waals surface area contributed by atoms with Crippen molar-refractivity contribution in [3.8, 4) is 5.69 Å². The van der Waals surface area contributed by atoms with Gasteiger partial charge in [-0.3, -0.25) is 4.90 Å². The number of carbonyl (C=O) groups is 1. The number of hydrogen-bond donors (Lipinski definition) is 1. The Morgan fingerprint density at radius 3 is 2.39 bits per heavy atom. The van der Waals surface area contributed by atoms with Gasteiger partial charge >= 0.3 is 5.97 Å². The van der Waals surface area contributed by atoms with Crippen LogP contribution in [0.5, 0.6) is 0 Å².